The van der Waals surface area contributed by atoms with E-state index < -0.39 is 11.0 Å². The molecule has 0 aliphatic carbocycles. The number of benzene rings is 1. The predicted octanol–water partition coefficient (Wildman–Crippen LogP) is 5.12. The summed E-state index contributed by atoms with van der Waals surface area (Å²) in [7, 11) is -1.06. The summed E-state index contributed by atoms with van der Waals surface area (Å²) in [5.41, 5.74) is 2.74. The van der Waals surface area contributed by atoms with Crippen LogP contribution >= 0.6 is 11.3 Å². The van der Waals surface area contributed by atoms with Crippen LogP contribution in [0.2, 0.25) is 0 Å². The minimum Gasteiger partial charge on any atom is -0.299 e. The Morgan fingerprint density at radius 1 is 1.15 bits per heavy atom. The van der Waals surface area contributed by atoms with E-state index >= 15 is 0 Å². The SMILES string of the molecule is C[C@@H](NS(=O)C(C)(C)C)c1ccc(-c2ccccc2CN2CCCC2)s1. The molecule has 0 amide bonds. The Labute approximate surface area is 164 Å². The molecule has 3 nitrogen and oxygen atoms in total. The Balaban J connectivity index is 1.76. The van der Waals surface area contributed by atoms with E-state index in [1.54, 1.807) is 11.3 Å². The molecule has 0 bridgehead atoms. The summed E-state index contributed by atoms with van der Waals surface area (Å²) in [5, 5.41) is 0. The molecule has 3 rings (SSSR count). The highest BCUT2D eigenvalue weighted by Gasteiger charge is 2.22. The van der Waals surface area contributed by atoms with Gasteiger partial charge in [-0.15, -0.1) is 11.3 Å². The number of thiophene rings is 1. The van der Waals surface area contributed by atoms with Crippen molar-refractivity contribution in [2.45, 2.75) is 57.9 Å². The normalized spacial score (nSPS) is 18.2. The van der Waals surface area contributed by atoms with Gasteiger partial charge in [0.1, 0.15) is 0 Å². The van der Waals surface area contributed by atoms with Crippen LogP contribution in [0.4, 0.5) is 0 Å². The summed E-state index contributed by atoms with van der Waals surface area (Å²) in [6, 6.07) is 13.2. The highest BCUT2D eigenvalue weighted by molar-refractivity contribution is 7.84. The van der Waals surface area contributed by atoms with E-state index in [4.69, 9.17) is 0 Å². The predicted molar refractivity (Wildman–Crippen MR) is 114 cm³/mol. The van der Waals surface area contributed by atoms with E-state index in [1.807, 2.05) is 20.8 Å². The van der Waals surface area contributed by atoms with Gasteiger partial charge in [-0.3, -0.25) is 4.90 Å². The van der Waals surface area contributed by atoms with Gasteiger partial charge in [0, 0.05) is 16.3 Å². The van der Waals surface area contributed by atoms with Crippen LogP contribution in [0, 0.1) is 0 Å². The van der Waals surface area contributed by atoms with Crippen LogP contribution < -0.4 is 4.72 Å². The monoisotopic (exact) mass is 390 g/mol. The summed E-state index contributed by atoms with van der Waals surface area (Å²) in [6.07, 6.45) is 2.64. The van der Waals surface area contributed by atoms with Crippen molar-refractivity contribution < 1.29 is 4.21 Å². The first-order valence-electron chi connectivity index (χ1n) is 9.43. The molecule has 2 heterocycles. The molecule has 0 saturated carbocycles. The number of rotatable bonds is 6. The fraction of sp³-hybridized carbons (Fsp3) is 0.524. The minimum atomic E-state index is -1.06. The Morgan fingerprint density at radius 3 is 2.54 bits per heavy atom. The van der Waals surface area contributed by atoms with E-state index in [0.717, 1.165) is 6.54 Å². The van der Waals surface area contributed by atoms with E-state index in [9.17, 15) is 4.21 Å². The molecular weight excluding hydrogens is 360 g/mol. The fourth-order valence-electron chi connectivity index (χ4n) is 3.21. The van der Waals surface area contributed by atoms with Crippen LogP contribution in [-0.2, 0) is 17.5 Å². The molecule has 1 N–H and O–H groups in total. The van der Waals surface area contributed by atoms with Crippen LogP contribution in [0.25, 0.3) is 10.4 Å². The first-order chi connectivity index (χ1) is 12.3. The van der Waals surface area contributed by atoms with E-state index in [1.165, 1.54) is 46.8 Å². The summed E-state index contributed by atoms with van der Waals surface area (Å²) in [5.74, 6) is 0. The molecule has 2 atom stereocenters. The molecule has 1 aliphatic rings. The van der Waals surface area contributed by atoms with Crippen molar-refractivity contribution in [2.75, 3.05) is 13.1 Å². The van der Waals surface area contributed by atoms with Crippen LogP contribution in [0.3, 0.4) is 0 Å². The van der Waals surface area contributed by atoms with Gasteiger partial charge < -0.3 is 0 Å². The standard InChI is InChI=1S/C21H30N2OS2/c1-16(22-26(24)21(2,3)4)19-11-12-20(25-19)18-10-6-5-9-17(18)15-23-13-7-8-14-23/h5-6,9-12,16,22H,7-8,13-15H2,1-4H3/t16-,26?/m1/s1. The number of hydrogen-bond acceptors (Lipinski definition) is 3. The average Bonchev–Trinajstić information content (AvgIpc) is 3.26. The number of hydrogen-bond donors (Lipinski definition) is 1. The quantitative estimate of drug-likeness (QED) is 0.742. The maximum absolute atomic E-state index is 12.4. The molecule has 1 saturated heterocycles. The van der Waals surface area contributed by atoms with Crippen molar-refractivity contribution in [3.8, 4) is 10.4 Å². The van der Waals surface area contributed by atoms with E-state index in [-0.39, 0.29) is 10.8 Å². The average molecular weight is 391 g/mol. The number of likely N-dealkylation sites (tertiary alicyclic amines) is 1. The van der Waals surface area contributed by atoms with Gasteiger partial charge in [0.25, 0.3) is 0 Å². The highest BCUT2D eigenvalue weighted by Crippen LogP contribution is 2.34. The topological polar surface area (TPSA) is 32.3 Å². The van der Waals surface area contributed by atoms with Crippen molar-refractivity contribution in [1.82, 2.24) is 9.62 Å². The zero-order chi connectivity index (χ0) is 18.7. The zero-order valence-electron chi connectivity index (χ0n) is 16.2. The molecule has 0 radical (unpaired) electrons. The Hall–Kier alpha value is -1.01. The third-order valence-corrected chi connectivity index (χ3v) is 7.75. The first-order valence-corrected chi connectivity index (χ1v) is 11.4. The second-order valence-electron chi connectivity index (χ2n) is 8.06. The molecule has 2 aromatic rings. The van der Waals surface area contributed by atoms with Gasteiger partial charge in [-0.25, -0.2) is 8.93 Å². The van der Waals surface area contributed by atoms with Gasteiger partial charge in [-0.05, 0) is 76.9 Å². The summed E-state index contributed by atoms with van der Waals surface area (Å²) in [6.45, 7) is 11.5. The van der Waals surface area contributed by atoms with Crippen molar-refractivity contribution in [1.29, 1.82) is 0 Å². The van der Waals surface area contributed by atoms with Crippen molar-refractivity contribution in [3.63, 3.8) is 0 Å². The molecule has 142 valence electrons. The second kappa shape index (κ2) is 8.34. The van der Waals surface area contributed by atoms with Crippen LogP contribution in [0.5, 0.6) is 0 Å². The van der Waals surface area contributed by atoms with Crippen molar-refractivity contribution in [2.24, 2.45) is 0 Å². The summed E-state index contributed by atoms with van der Waals surface area (Å²) >= 11 is 1.80. The van der Waals surface area contributed by atoms with Gasteiger partial charge in [0.05, 0.1) is 21.8 Å². The molecule has 1 aliphatic heterocycles. The molecular formula is C21H30N2OS2. The highest BCUT2D eigenvalue weighted by atomic mass is 32.2. The smallest absolute Gasteiger partial charge is 0.0976 e. The maximum Gasteiger partial charge on any atom is 0.0976 e. The third kappa shape index (κ3) is 4.83. The van der Waals surface area contributed by atoms with E-state index in [0.29, 0.717) is 0 Å². The fourth-order valence-corrected chi connectivity index (χ4v) is 5.15. The molecule has 0 spiro atoms. The van der Waals surface area contributed by atoms with Crippen molar-refractivity contribution in [3.05, 3.63) is 46.8 Å². The lowest BCUT2D eigenvalue weighted by Crippen LogP contribution is -2.34. The number of nitrogens with one attached hydrogen (secondary N) is 1. The van der Waals surface area contributed by atoms with Gasteiger partial charge in [-0.2, -0.15) is 0 Å². The summed E-state index contributed by atoms with van der Waals surface area (Å²) in [4.78, 5) is 5.07. The van der Waals surface area contributed by atoms with Crippen molar-refractivity contribution >= 4 is 22.3 Å². The van der Waals surface area contributed by atoms with Gasteiger partial charge >= 0.3 is 0 Å². The third-order valence-electron chi connectivity index (χ3n) is 4.77. The Bertz CT molecular complexity index is 757. The van der Waals surface area contributed by atoms with Crippen LogP contribution in [-0.4, -0.2) is 26.9 Å². The molecule has 26 heavy (non-hydrogen) atoms. The molecule has 1 unspecified atom stereocenters. The number of nitrogens with zero attached hydrogens (tertiary/aromatic N) is 1. The first kappa shape index (κ1) is 19.7. The minimum absolute atomic E-state index is 0.0829. The maximum atomic E-state index is 12.4. The molecule has 5 heteroatoms. The van der Waals surface area contributed by atoms with Gasteiger partial charge in [0.15, 0.2) is 0 Å². The zero-order valence-corrected chi connectivity index (χ0v) is 17.9. The van der Waals surface area contributed by atoms with Crippen LogP contribution in [0.1, 0.15) is 57.0 Å². The van der Waals surface area contributed by atoms with Crippen LogP contribution in [0.15, 0.2) is 36.4 Å². The Kier molecular flexibility index (Phi) is 6.33. The van der Waals surface area contributed by atoms with Gasteiger partial charge in [-0.1, -0.05) is 24.3 Å². The molecule has 1 aromatic heterocycles. The second-order valence-corrected chi connectivity index (χ2v) is 11.2. The lowest BCUT2D eigenvalue weighted by Gasteiger charge is -2.21. The Morgan fingerprint density at radius 2 is 1.85 bits per heavy atom. The molecule has 1 aromatic carbocycles. The molecule has 1 fully saturated rings. The lowest BCUT2D eigenvalue weighted by molar-refractivity contribution is 0.332. The van der Waals surface area contributed by atoms with Gasteiger partial charge in [0.2, 0.25) is 0 Å². The summed E-state index contributed by atoms with van der Waals surface area (Å²) < 4.78 is 15.4. The lowest BCUT2D eigenvalue weighted by atomic mass is 10.1. The largest absolute Gasteiger partial charge is 0.299 e. The van der Waals surface area contributed by atoms with E-state index in [2.05, 4.69) is 52.9 Å².